The average molecular weight is 143 g/mol. The maximum Gasteiger partial charge on any atom is 0.0610 e. The topological polar surface area (TPSA) is 23.2 Å². The molecule has 3 atom stereocenters. The second-order valence-corrected chi connectivity index (χ2v) is 3.86. The van der Waals surface area contributed by atoms with Crippen molar-refractivity contribution in [2.45, 2.75) is 45.3 Å². The van der Waals surface area contributed by atoms with Crippen LogP contribution in [0, 0.1) is 0 Å². The lowest BCUT2D eigenvalue weighted by Gasteiger charge is -2.24. The molecule has 2 nitrogen and oxygen atoms in total. The SMILES string of the molecule is CC1[C@H](C)N1C(C)(C)CO. The number of rotatable bonds is 2. The largest absolute Gasteiger partial charge is 0.394 e. The van der Waals surface area contributed by atoms with Gasteiger partial charge in [-0.05, 0) is 27.7 Å². The van der Waals surface area contributed by atoms with E-state index in [2.05, 4.69) is 32.6 Å². The molecular formula is C8H17NO. The Balaban J connectivity index is 2.52. The van der Waals surface area contributed by atoms with Gasteiger partial charge in [0.2, 0.25) is 0 Å². The van der Waals surface area contributed by atoms with Gasteiger partial charge in [-0.15, -0.1) is 0 Å². The Morgan fingerprint density at radius 2 is 1.70 bits per heavy atom. The molecule has 0 aliphatic carbocycles. The molecule has 1 aliphatic heterocycles. The van der Waals surface area contributed by atoms with Gasteiger partial charge in [0, 0.05) is 17.6 Å². The third-order valence-electron chi connectivity index (χ3n) is 2.57. The first-order valence-electron chi connectivity index (χ1n) is 3.90. The molecule has 10 heavy (non-hydrogen) atoms. The van der Waals surface area contributed by atoms with Gasteiger partial charge in [-0.3, -0.25) is 4.90 Å². The van der Waals surface area contributed by atoms with Crippen LogP contribution in [0.3, 0.4) is 0 Å². The molecule has 1 saturated heterocycles. The van der Waals surface area contributed by atoms with Gasteiger partial charge >= 0.3 is 0 Å². The van der Waals surface area contributed by atoms with E-state index in [0.29, 0.717) is 12.1 Å². The Bertz CT molecular complexity index is 125. The van der Waals surface area contributed by atoms with E-state index in [9.17, 15) is 0 Å². The first-order valence-corrected chi connectivity index (χ1v) is 3.90. The van der Waals surface area contributed by atoms with Crippen LogP contribution >= 0.6 is 0 Å². The second-order valence-electron chi connectivity index (χ2n) is 3.86. The van der Waals surface area contributed by atoms with Gasteiger partial charge in [-0.25, -0.2) is 0 Å². The number of hydrogen-bond acceptors (Lipinski definition) is 2. The third-order valence-corrected chi connectivity index (χ3v) is 2.57. The molecule has 0 aromatic rings. The Labute approximate surface area is 62.8 Å². The van der Waals surface area contributed by atoms with E-state index >= 15 is 0 Å². The standard InChI is InChI=1S/C8H17NO/c1-6-7(2)9(6)8(3,4)5-10/h6-7,10H,5H2,1-4H3/t6-,7?,9?/m0/s1. The fourth-order valence-electron chi connectivity index (χ4n) is 1.69. The molecule has 0 bridgehead atoms. The molecule has 0 aromatic carbocycles. The Morgan fingerprint density at radius 1 is 1.30 bits per heavy atom. The van der Waals surface area contributed by atoms with Crippen molar-refractivity contribution < 1.29 is 5.11 Å². The number of aliphatic hydroxyl groups excluding tert-OH is 1. The van der Waals surface area contributed by atoms with Crippen LogP contribution in [-0.4, -0.2) is 34.2 Å². The zero-order valence-corrected chi connectivity index (χ0v) is 7.26. The lowest BCUT2D eigenvalue weighted by atomic mass is 10.1. The summed E-state index contributed by atoms with van der Waals surface area (Å²) in [5.74, 6) is 0. The third kappa shape index (κ3) is 1.06. The van der Waals surface area contributed by atoms with Crippen molar-refractivity contribution in [1.29, 1.82) is 0 Å². The van der Waals surface area contributed by atoms with Gasteiger partial charge < -0.3 is 5.11 Å². The van der Waals surface area contributed by atoms with Crippen LogP contribution in [0.4, 0.5) is 0 Å². The van der Waals surface area contributed by atoms with Crippen molar-refractivity contribution in [3.63, 3.8) is 0 Å². The number of hydrogen-bond donors (Lipinski definition) is 1. The van der Waals surface area contributed by atoms with Crippen LogP contribution in [-0.2, 0) is 0 Å². The summed E-state index contributed by atoms with van der Waals surface area (Å²) in [4.78, 5) is 2.33. The summed E-state index contributed by atoms with van der Waals surface area (Å²) in [6.07, 6.45) is 0. The van der Waals surface area contributed by atoms with Gasteiger partial charge in [-0.2, -0.15) is 0 Å². The fraction of sp³-hybridized carbons (Fsp3) is 1.00. The van der Waals surface area contributed by atoms with E-state index in [4.69, 9.17) is 5.11 Å². The van der Waals surface area contributed by atoms with Gasteiger partial charge in [0.15, 0.2) is 0 Å². The van der Waals surface area contributed by atoms with Gasteiger partial charge in [0.25, 0.3) is 0 Å². The zero-order chi connectivity index (χ0) is 7.94. The van der Waals surface area contributed by atoms with Crippen LogP contribution in [0.1, 0.15) is 27.7 Å². The molecule has 1 rings (SSSR count). The molecule has 0 spiro atoms. The van der Waals surface area contributed by atoms with Crippen LogP contribution in [0.2, 0.25) is 0 Å². The number of aliphatic hydroxyl groups is 1. The van der Waals surface area contributed by atoms with Crippen molar-refractivity contribution in [3.05, 3.63) is 0 Å². The van der Waals surface area contributed by atoms with Crippen LogP contribution in [0.15, 0.2) is 0 Å². The normalized spacial score (nSPS) is 39.9. The molecule has 2 heteroatoms. The van der Waals surface area contributed by atoms with E-state index in [1.165, 1.54) is 0 Å². The molecule has 1 aliphatic rings. The highest BCUT2D eigenvalue weighted by atomic mass is 16.3. The van der Waals surface area contributed by atoms with Crippen molar-refractivity contribution in [1.82, 2.24) is 4.90 Å². The van der Waals surface area contributed by atoms with E-state index in [-0.39, 0.29) is 12.1 Å². The van der Waals surface area contributed by atoms with E-state index in [1.54, 1.807) is 0 Å². The first-order chi connectivity index (χ1) is 4.50. The van der Waals surface area contributed by atoms with Gasteiger partial charge in [0.1, 0.15) is 0 Å². The van der Waals surface area contributed by atoms with Crippen LogP contribution in [0.5, 0.6) is 0 Å². The molecule has 2 unspecified atom stereocenters. The Kier molecular flexibility index (Phi) is 1.77. The fourth-order valence-corrected chi connectivity index (χ4v) is 1.69. The highest BCUT2D eigenvalue weighted by molar-refractivity contribution is 5.04. The lowest BCUT2D eigenvalue weighted by Crippen LogP contribution is -2.36. The van der Waals surface area contributed by atoms with Crippen LogP contribution in [0.25, 0.3) is 0 Å². The molecule has 1 fully saturated rings. The molecule has 1 heterocycles. The average Bonchev–Trinajstić information content (AvgIpc) is 2.42. The van der Waals surface area contributed by atoms with Crippen LogP contribution < -0.4 is 0 Å². The molecule has 0 amide bonds. The first kappa shape index (κ1) is 8.02. The van der Waals surface area contributed by atoms with Gasteiger partial charge in [0.05, 0.1) is 6.61 Å². The minimum atomic E-state index is -0.0150. The molecule has 60 valence electrons. The highest BCUT2D eigenvalue weighted by Crippen LogP contribution is 2.35. The summed E-state index contributed by atoms with van der Waals surface area (Å²) in [6.45, 7) is 8.80. The molecule has 0 saturated carbocycles. The van der Waals surface area contributed by atoms with Gasteiger partial charge in [-0.1, -0.05) is 0 Å². The minimum absolute atomic E-state index is 0.0150. The predicted molar refractivity (Wildman–Crippen MR) is 41.9 cm³/mol. The summed E-state index contributed by atoms with van der Waals surface area (Å²) in [5.41, 5.74) is -0.0150. The summed E-state index contributed by atoms with van der Waals surface area (Å²) in [6, 6.07) is 1.31. The molecule has 0 aromatic heterocycles. The quantitative estimate of drug-likeness (QED) is 0.579. The van der Waals surface area contributed by atoms with Crippen molar-refractivity contribution in [3.8, 4) is 0 Å². The summed E-state index contributed by atoms with van der Waals surface area (Å²) >= 11 is 0. The summed E-state index contributed by atoms with van der Waals surface area (Å²) in [5, 5.41) is 9.00. The second kappa shape index (κ2) is 2.21. The monoisotopic (exact) mass is 143 g/mol. The Hall–Kier alpha value is -0.0800. The molecular weight excluding hydrogens is 126 g/mol. The summed E-state index contributed by atoms with van der Waals surface area (Å²) < 4.78 is 0. The van der Waals surface area contributed by atoms with E-state index < -0.39 is 0 Å². The zero-order valence-electron chi connectivity index (χ0n) is 7.26. The smallest absolute Gasteiger partial charge is 0.0610 e. The molecule has 0 radical (unpaired) electrons. The van der Waals surface area contributed by atoms with E-state index in [1.807, 2.05) is 0 Å². The van der Waals surface area contributed by atoms with E-state index in [0.717, 1.165) is 0 Å². The van der Waals surface area contributed by atoms with Crippen molar-refractivity contribution in [2.24, 2.45) is 0 Å². The summed E-state index contributed by atoms with van der Waals surface area (Å²) in [7, 11) is 0. The maximum atomic E-state index is 9.00. The molecule has 1 N–H and O–H groups in total. The Morgan fingerprint density at radius 3 is 1.80 bits per heavy atom. The minimum Gasteiger partial charge on any atom is -0.394 e. The highest BCUT2D eigenvalue weighted by Gasteiger charge is 2.48. The van der Waals surface area contributed by atoms with Crippen molar-refractivity contribution >= 4 is 0 Å². The maximum absolute atomic E-state index is 9.00. The predicted octanol–water partition coefficient (Wildman–Crippen LogP) is 0.850. The number of nitrogens with zero attached hydrogens (tertiary/aromatic N) is 1. The lowest BCUT2D eigenvalue weighted by molar-refractivity contribution is 0.128. The van der Waals surface area contributed by atoms with Crippen molar-refractivity contribution in [2.75, 3.05) is 6.61 Å².